The van der Waals surface area contributed by atoms with Crippen LogP contribution in [0, 0.1) is 17.5 Å². The average Bonchev–Trinajstić information content (AvgIpc) is 2.38. The molecule has 0 fully saturated rings. The van der Waals surface area contributed by atoms with Crippen LogP contribution in [0.3, 0.4) is 0 Å². The molecule has 2 rings (SSSR count). The Morgan fingerprint density at radius 3 is 2.35 bits per heavy atom. The Morgan fingerprint density at radius 2 is 1.70 bits per heavy atom. The summed E-state index contributed by atoms with van der Waals surface area (Å²) in [7, 11) is 0. The van der Waals surface area contributed by atoms with Gasteiger partial charge >= 0.3 is 5.97 Å². The molecule has 0 spiro atoms. The number of nitrogens with one attached hydrogen (secondary N) is 1. The summed E-state index contributed by atoms with van der Waals surface area (Å²) in [5, 5.41) is 11.4. The molecule has 0 heterocycles. The fourth-order valence-electron chi connectivity index (χ4n) is 1.67. The van der Waals surface area contributed by atoms with Crippen molar-refractivity contribution in [3.63, 3.8) is 0 Å². The van der Waals surface area contributed by atoms with E-state index in [0.29, 0.717) is 0 Å². The largest absolute Gasteiger partial charge is 0.478 e. The molecule has 0 saturated heterocycles. The number of hydrogen-bond donors (Lipinski definition) is 3. The molecule has 2 aromatic rings. The summed E-state index contributed by atoms with van der Waals surface area (Å²) in [5.74, 6) is -3.89. The third-order valence-electron chi connectivity index (χ3n) is 2.60. The van der Waals surface area contributed by atoms with Crippen LogP contribution >= 0.6 is 0 Å². The number of halogens is 3. The van der Waals surface area contributed by atoms with E-state index in [2.05, 4.69) is 5.32 Å². The first-order chi connectivity index (χ1) is 9.40. The lowest BCUT2D eigenvalue weighted by molar-refractivity contribution is 0.0698. The number of nitrogen functional groups attached to an aromatic ring is 1. The number of nitrogens with two attached hydrogens (primary N) is 1. The smallest absolute Gasteiger partial charge is 0.340 e. The molecule has 20 heavy (non-hydrogen) atoms. The minimum absolute atomic E-state index is 0.138. The molecule has 7 heteroatoms. The number of hydrogen-bond acceptors (Lipinski definition) is 3. The number of benzene rings is 2. The molecule has 4 nitrogen and oxygen atoms in total. The van der Waals surface area contributed by atoms with Crippen LogP contribution in [0.1, 0.15) is 10.4 Å². The van der Waals surface area contributed by atoms with Crippen LogP contribution in [-0.2, 0) is 0 Å². The molecule has 2 aromatic carbocycles. The van der Waals surface area contributed by atoms with Gasteiger partial charge in [-0.1, -0.05) is 0 Å². The summed E-state index contributed by atoms with van der Waals surface area (Å²) in [6.07, 6.45) is 0. The normalized spacial score (nSPS) is 10.3. The van der Waals surface area contributed by atoms with E-state index in [1.807, 2.05) is 0 Å². The van der Waals surface area contributed by atoms with Crippen molar-refractivity contribution in [1.29, 1.82) is 0 Å². The lowest BCUT2D eigenvalue weighted by Gasteiger charge is -2.12. The van der Waals surface area contributed by atoms with Crippen LogP contribution in [-0.4, -0.2) is 11.1 Å². The molecular formula is C13H9F3N2O2. The maximum absolute atomic E-state index is 13.5. The molecule has 0 aliphatic rings. The van der Waals surface area contributed by atoms with Crippen molar-refractivity contribution in [3.05, 3.63) is 53.3 Å². The Kier molecular flexibility index (Phi) is 3.51. The highest BCUT2D eigenvalue weighted by Gasteiger charge is 2.18. The van der Waals surface area contributed by atoms with E-state index in [4.69, 9.17) is 10.8 Å². The van der Waals surface area contributed by atoms with Crippen molar-refractivity contribution in [2.24, 2.45) is 0 Å². The standard InChI is InChI=1S/C13H9F3N2O2/c14-6-1-2-7(15)10(5-6)18-9-4-3-8(16)12(17)11(9)13(19)20/h1-5,18H,17H2,(H,19,20). The van der Waals surface area contributed by atoms with Gasteiger partial charge < -0.3 is 16.2 Å². The lowest BCUT2D eigenvalue weighted by Crippen LogP contribution is -2.09. The van der Waals surface area contributed by atoms with Gasteiger partial charge in [-0.2, -0.15) is 0 Å². The van der Waals surface area contributed by atoms with Gasteiger partial charge in [0, 0.05) is 6.07 Å². The van der Waals surface area contributed by atoms with Crippen molar-refractivity contribution in [2.45, 2.75) is 0 Å². The van der Waals surface area contributed by atoms with Crippen molar-refractivity contribution < 1.29 is 23.1 Å². The predicted molar refractivity (Wildman–Crippen MR) is 67.4 cm³/mol. The van der Waals surface area contributed by atoms with Gasteiger partial charge in [0.2, 0.25) is 0 Å². The Hall–Kier alpha value is -2.70. The minimum Gasteiger partial charge on any atom is -0.478 e. The first-order valence-electron chi connectivity index (χ1n) is 5.43. The van der Waals surface area contributed by atoms with Gasteiger partial charge in [0.05, 0.1) is 17.1 Å². The number of anilines is 3. The van der Waals surface area contributed by atoms with Crippen molar-refractivity contribution in [3.8, 4) is 0 Å². The average molecular weight is 282 g/mol. The second-order valence-corrected chi connectivity index (χ2v) is 3.94. The van der Waals surface area contributed by atoms with Gasteiger partial charge in [0.15, 0.2) is 0 Å². The highest BCUT2D eigenvalue weighted by molar-refractivity contribution is 6.00. The molecule has 0 amide bonds. The van der Waals surface area contributed by atoms with Gasteiger partial charge in [-0.15, -0.1) is 0 Å². The third-order valence-corrected chi connectivity index (χ3v) is 2.60. The molecule has 0 atom stereocenters. The minimum atomic E-state index is -1.48. The SMILES string of the molecule is Nc1c(F)ccc(Nc2cc(F)ccc2F)c1C(=O)O. The molecule has 0 aliphatic heterocycles. The summed E-state index contributed by atoms with van der Waals surface area (Å²) in [6, 6.07) is 4.66. The third kappa shape index (κ3) is 2.51. The molecular weight excluding hydrogens is 273 g/mol. The number of carboxylic acid groups (broad SMARTS) is 1. The van der Waals surface area contributed by atoms with Crippen molar-refractivity contribution >= 4 is 23.0 Å². The van der Waals surface area contributed by atoms with E-state index in [-0.39, 0.29) is 11.4 Å². The van der Waals surface area contributed by atoms with E-state index in [0.717, 1.165) is 30.3 Å². The van der Waals surface area contributed by atoms with E-state index in [1.165, 1.54) is 0 Å². The molecule has 0 saturated carbocycles. The predicted octanol–water partition coefficient (Wildman–Crippen LogP) is 3.13. The zero-order chi connectivity index (χ0) is 14.9. The van der Waals surface area contributed by atoms with Crippen molar-refractivity contribution in [1.82, 2.24) is 0 Å². The van der Waals surface area contributed by atoms with E-state index < -0.39 is 34.7 Å². The van der Waals surface area contributed by atoms with Gasteiger partial charge in [0.25, 0.3) is 0 Å². The molecule has 0 aromatic heterocycles. The van der Waals surface area contributed by atoms with Crippen LogP contribution in [0.2, 0.25) is 0 Å². The summed E-state index contributed by atoms with van der Waals surface area (Å²) in [5.41, 5.74) is 3.79. The zero-order valence-corrected chi connectivity index (χ0v) is 9.95. The van der Waals surface area contributed by atoms with Gasteiger partial charge in [-0.25, -0.2) is 18.0 Å². The van der Waals surface area contributed by atoms with Crippen LogP contribution < -0.4 is 11.1 Å². The summed E-state index contributed by atoms with van der Waals surface area (Å²) >= 11 is 0. The molecule has 0 aliphatic carbocycles. The maximum Gasteiger partial charge on any atom is 0.340 e. The fraction of sp³-hybridized carbons (Fsp3) is 0. The first-order valence-corrected chi connectivity index (χ1v) is 5.43. The number of carboxylic acids is 1. The van der Waals surface area contributed by atoms with Crippen LogP contribution in [0.25, 0.3) is 0 Å². The maximum atomic E-state index is 13.5. The summed E-state index contributed by atoms with van der Waals surface area (Å²) in [6.45, 7) is 0. The van der Waals surface area contributed by atoms with Crippen LogP contribution in [0.4, 0.5) is 30.2 Å². The Balaban J connectivity index is 2.51. The zero-order valence-electron chi connectivity index (χ0n) is 9.95. The van der Waals surface area contributed by atoms with E-state index in [1.54, 1.807) is 0 Å². The second-order valence-electron chi connectivity index (χ2n) is 3.94. The van der Waals surface area contributed by atoms with Gasteiger partial charge in [-0.3, -0.25) is 0 Å². The van der Waals surface area contributed by atoms with Crippen LogP contribution in [0.5, 0.6) is 0 Å². The second kappa shape index (κ2) is 5.12. The van der Waals surface area contributed by atoms with Crippen molar-refractivity contribution in [2.75, 3.05) is 11.1 Å². The number of carbonyl (C=O) groups is 1. The topological polar surface area (TPSA) is 75.3 Å². The highest BCUT2D eigenvalue weighted by Crippen LogP contribution is 2.29. The summed E-state index contributed by atoms with van der Waals surface area (Å²) < 4.78 is 39.8. The van der Waals surface area contributed by atoms with E-state index >= 15 is 0 Å². The monoisotopic (exact) mass is 282 g/mol. The summed E-state index contributed by atoms with van der Waals surface area (Å²) in [4.78, 5) is 11.1. The molecule has 0 radical (unpaired) electrons. The number of aromatic carboxylic acids is 1. The molecule has 0 bridgehead atoms. The Morgan fingerprint density at radius 1 is 1.05 bits per heavy atom. The fourth-order valence-corrected chi connectivity index (χ4v) is 1.67. The first kappa shape index (κ1) is 13.7. The number of rotatable bonds is 3. The van der Waals surface area contributed by atoms with E-state index in [9.17, 15) is 18.0 Å². The molecule has 0 unspecified atom stereocenters. The Labute approximate surface area is 111 Å². The molecule has 4 N–H and O–H groups in total. The molecule has 104 valence electrons. The quantitative estimate of drug-likeness (QED) is 0.756. The Bertz CT molecular complexity index is 690. The van der Waals surface area contributed by atoms with Crippen LogP contribution in [0.15, 0.2) is 30.3 Å². The van der Waals surface area contributed by atoms with Gasteiger partial charge in [-0.05, 0) is 24.3 Å². The highest BCUT2D eigenvalue weighted by atomic mass is 19.1. The lowest BCUT2D eigenvalue weighted by atomic mass is 10.1. The van der Waals surface area contributed by atoms with Gasteiger partial charge in [0.1, 0.15) is 23.0 Å².